The van der Waals surface area contributed by atoms with E-state index in [1.54, 1.807) is 0 Å². The Labute approximate surface area is 92.6 Å². The molecule has 1 aromatic rings. The van der Waals surface area contributed by atoms with E-state index in [4.69, 9.17) is 5.73 Å². The van der Waals surface area contributed by atoms with Crippen molar-refractivity contribution in [2.24, 2.45) is 5.73 Å². The predicted octanol–water partition coefficient (Wildman–Crippen LogP) is 1.88. The van der Waals surface area contributed by atoms with Gasteiger partial charge in [0.15, 0.2) is 0 Å². The van der Waals surface area contributed by atoms with Crippen LogP contribution >= 0.6 is 0 Å². The summed E-state index contributed by atoms with van der Waals surface area (Å²) in [7, 11) is 0. The van der Waals surface area contributed by atoms with E-state index >= 15 is 0 Å². The van der Waals surface area contributed by atoms with Crippen molar-refractivity contribution in [3.05, 3.63) is 34.1 Å². The summed E-state index contributed by atoms with van der Waals surface area (Å²) in [6.07, 6.45) is 1.63. The predicted molar refractivity (Wildman–Crippen MR) is 59.8 cm³/mol. The topological polar surface area (TPSA) is 81.2 Å². The lowest BCUT2D eigenvalue weighted by atomic mass is 10.2. The monoisotopic (exact) mass is 227 g/mol. The van der Waals surface area contributed by atoms with Crippen molar-refractivity contribution in [3.63, 3.8) is 0 Å². The van der Waals surface area contributed by atoms with Gasteiger partial charge in [0.25, 0.3) is 5.69 Å². The molecule has 6 heteroatoms. The lowest BCUT2D eigenvalue weighted by molar-refractivity contribution is -0.384. The number of anilines is 1. The average molecular weight is 227 g/mol. The molecule has 0 aliphatic rings. The molecule has 5 nitrogen and oxygen atoms in total. The Balaban J connectivity index is 2.68. The first-order valence-electron chi connectivity index (χ1n) is 5.03. The van der Waals surface area contributed by atoms with E-state index in [1.165, 1.54) is 0 Å². The van der Waals surface area contributed by atoms with E-state index in [9.17, 15) is 14.5 Å². The maximum atomic E-state index is 12.9. The van der Waals surface area contributed by atoms with Crippen molar-refractivity contribution in [3.8, 4) is 0 Å². The summed E-state index contributed by atoms with van der Waals surface area (Å²) in [5.41, 5.74) is 5.41. The third kappa shape index (κ3) is 3.47. The summed E-state index contributed by atoms with van der Waals surface area (Å²) < 4.78 is 12.9. The summed E-state index contributed by atoms with van der Waals surface area (Å²) in [5, 5.41) is 13.5. The third-order valence-corrected chi connectivity index (χ3v) is 2.10. The van der Waals surface area contributed by atoms with Crippen LogP contribution < -0.4 is 11.1 Å². The van der Waals surface area contributed by atoms with Crippen molar-refractivity contribution >= 4 is 11.4 Å². The quantitative estimate of drug-likeness (QED) is 0.441. The number of benzene rings is 1. The molecular weight excluding hydrogens is 213 g/mol. The lowest BCUT2D eigenvalue weighted by Crippen LogP contribution is -2.07. The Kier molecular flexibility index (Phi) is 4.65. The Morgan fingerprint density at radius 3 is 2.81 bits per heavy atom. The molecular formula is C10H14FN3O2. The number of nitrogens with one attached hydrogen (secondary N) is 1. The molecule has 88 valence electrons. The third-order valence-electron chi connectivity index (χ3n) is 2.10. The number of nitrogens with two attached hydrogens (primary N) is 1. The minimum Gasteiger partial charge on any atom is -0.379 e. The molecule has 0 atom stereocenters. The highest BCUT2D eigenvalue weighted by Gasteiger charge is 2.13. The average Bonchev–Trinajstić information content (AvgIpc) is 2.24. The summed E-state index contributed by atoms with van der Waals surface area (Å²) in [4.78, 5) is 10.1. The van der Waals surface area contributed by atoms with Gasteiger partial charge in [-0.1, -0.05) is 0 Å². The van der Waals surface area contributed by atoms with E-state index in [2.05, 4.69) is 5.32 Å². The van der Waals surface area contributed by atoms with E-state index in [0.717, 1.165) is 31.0 Å². The van der Waals surface area contributed by atoms with Crippen LogP contribution in [0.25, 0.3) is 0 Å². The number of halogens is 1. The first-order chi connectivity index (χ1) is 7.65. The number of nitrogens with zero attached hydrogens (tertiary/aromatic N) is 1. The van der Waals surface area contributed by atoms with Gasteiger partial charge >= 0.3 is 0 Å². The van der Waals surface area contributed by atoms with Gasteiger partial charge in [0.2, 0.25) is 0 Å². The first kappa shape index (κ1) is 12.4. The number of unbranched alkanes of at least 4 members (excludes halogenated alkanes) is 1. The SMILES string of the molecule is NCCCCNc1cc(F)ccc1[N+](=O)[O-]. The van der Waals surface area contributed by atoms with Crippen molar-refractivity contribution < 1.29 is 9.31 Å². The number of nitro groups is 1. The lowest BCUT2D eigenvalue weighted by Gasteiger charge is -2.06. The molecule has 0 heterocycles. The van der Waals surface area contributed by atoms with E-state index in [-0.39, 0.29) is 11.4 Å². The largest absolute Gasteiger partial charge is 0.379 e. The summed E-state index contributed by atoms with van der Waals surface area (Å²) in [6, 6.07) is 3.35. The fourth-order valence-electron chi connectivity index (χ4n) is 1.30. The van der Waals surface area contributed by atoms with Gasteiger partial charge in [-0.15, -0.1) is 0 Å². The second-order valence-electron chi connectivity index (χ2n) is 3.34. The molecule has 16 heavy (non-hydrogen) atoms. The highest BCUT2D eigenvalue weighted by Crippen LogP contribution is 2.24. The molecule has 0 aromatic heterocycles. The number of hydrogen-bond donors (Lipinski definition) is 2. The fraction of sp³-hybridized carbons (Fsp3) is 0.400. The number of rotatable bonds is 6. The molecule has 1 aromatic carbocycles. The minimum absolute atomic E-state index is 0.117. The molecule has 3 N–H and O–H groups in total. The van der Waals surface area contributed by atoms with Crippen LogP contribution in [0.15, 0.2) is 18.2 Å². The van der Waals surface area contributed by atoms with Gasteiger partial charge in [0.1, 0.15) is 11.5 Å². The Hall–Kier alpha value is -1.69. The summed E-state index contributed by atoms with van der Waals surface area (Å²) in [6.45, 7) is 1.12. The molecule has 0 radical (unpaired) electrons. The molecule has 0 spiro atoms. The number of hydrogen-bond acceptors (Lipinski definition) is 4. The van der Waals surface area contributed by atoms with Gasteiger partial charge in [-0.2, -0.15) is 0 Å². The molecule has 1 rings (SSSR count). The zero-order valence-electron chi connectivity index (χ0n) is 8.78. The maximum Gasteiger partial charge on any atom is 0.292 e. The Morgan fingerprint density at radius 1 is 1.44 bits per heavy atom. The van der Waals surface area contributed by atoms with Crippen LogP contribution in [0.2, 0.25) is 0 Å². The van der Waals surface area contributed by atoms with Crippen LogP contribution in [0.1, 0.15) is 12.8 Å². The molecule has 0 fully saturated rings. The molecule has 0 saturated carbocycles. The van der Waals surface area contributed by atoms with Crippen LogP contribution in [0.5, 0.6) is 0 Å². The van der Waals surface area contributed by atoms with Crippen molar-refractivity contribution in [1.29, 1.82) is 0 Å². The highest BCUT2D eigenvalue weighted by molar-refractivity contribution is 5.61. The summed E-state index contributed by atoms with van der Waals surface area (Å²) >= 11 is 0. The van der Waals surface area contributed by atoms with Crippen LogP contribution in [0, 0.1) is 15.9 Å². The Morgan fingerprint density at radius 2 is 2.19 bits per heavy atom. The van der Waals surface area contributed by atoms with Crippen molar-refractivity contribution in [2.75, 3.05) is 18.4 Å². The smallest absolute Gasteiger partial charge is 0.292 e. The molecule has 0 aliphatic carbocycles. The highest BCUT2D eigenvalue weighted by atomic mass is 19.1. The molecule has 0 saturated heterocycles. The normalized spacial score (nSPS) is 10.1. The van der Waals surface area contributed by atoms with Gasteiger partial charge in [0, 0.05) is 18.7 Å². The minimum atomic E-state index is -0.537. The molecule has 0 amide bonds. The zero-order chi connectivity index (χ0) is 12.0. The standard InChI is InChI=1S/C10H14FN3O2/c11-8-3-4-10(14(15)16)9(7-8)13-6-2-1-5-12/h3-4,7,13H,1-2,5-6,12H2. The van der Waals surface area contributed by atoms with E-state index in [0.29, 0.717) is 13.1 Å². The van der Waals surface area contributed by atoms with Crippen LogP contribution in [-0.4, -0.2) is 18.0 Å². The van der Waals surface area contributed by atoms with Crippen molar-refractivity contribution in [1.82, 2.24) is 0 Å². The van der Waals surface area contributed by atoms with Crippen molar-refractivity contribution in [2.45, 2.75) is 12.8 Å². The fourth-order valence-corrected chi connectivity index (χ4v) is 1.30. The van der Waals surface area contributed by atoms with E-state index in [1.807, 2.05) is 0 Å². The molecule has 0 bridgehead atoms. The van der Waals surface area contributed by atoms with Crippen LogP contribution in [0.4, 0.5) is 15.8 Å². The van der Waals surface area contributed by atoms with Gasteiger partial charge in [-0.3, -0.25) is 10.1 Å². The first-order valence-corrected chi connectivity index (χ1v) is 5.03. The van der Waals surface area contributed by atoms with Gasteiger partial charge < -0.3 is 11.1 Å². The number of nitro benzene ring substituents is 1. The van der Waals surface area contributed by atoms with E-state index < -0.39 is 10.7 Å². The van der Waals surface area contributed by atoms with Crippen LogP contribution in [-0.2, 0) is 0 Å². The van der Waals surface area contributed by atoms with Crippen LogP contribution in [0.3, 0.4) is 0 Å². The second-order valence-corrected chi connectivity index (χ2v) is 3.34. The molecule has 0 aliphatic heterocycles. The van der Waals surface area contributed by atoms with Gasteiger partial charge in [-0.05, 0) is 25.5 Å². The van der Waals surface area contributed by atoms with Gasteiger partial charge in [-0.25, -0.2) is 4.39 Å². The second kappa shape index (κ2) is 6.02. The summed E-state index contributed by atoms with van der Waals surface area (Å²) in [5.74, 6) is -0.494. The molecule has 0 unspecified atom stereocenters. The van der Waals surface area contributed by atoms with Gasteiger partial charge in [0.05, 0.1) is 4.92 Å². The Bertz CT molecular complexity index is 371. The zero-order valence-corrected chi connectivity index (χ0v) is 8.78. The maximum absolute atomic E-state index is 12.9.